The predicted octanol–water partition coefficient (Wildman–Crippen LogP) is 1.95. The first-order valence-electron chi connectivity index (χ1n) is 9.65. The van der Waals surface area contributed by atoms with Gasteiger partial charge < -0.3 is 29.6 Å². The van der Waals surface area contributed by atoms with Gasteiger partial charge in [-0.05, 0) is 45.9 Å². The third kappa shape index (κ3) is 7.75. The largest absolute Gasteiger partial charge is 0.493 e. The Morgan fingerprint density at radius 1 is 1.20 bits per heavy atom. The van der Waals surface area contributed by atoms with E-state index in [0.29, 0.717) is 11.3 Å². The van der Waals surface area contributed by atoms with Gasteiger partial charge in [-0.15, -0.1) is 0 Å². The van der Waals surface area contributed by atoms with Crippen molar-refractivity contribution in [3.05, 3.63) is 40.8 Å². The molecule has 1 aromatic heterocycles. The van der Waals surface area contributed by atoms with Gasteiger partial charge in [0, 0.05) is 30.5 Å². The van der Waals surface area contributed by atoms with E-state index >= 15 is 0 Å². The van der Waals surface area contributed by atoms with Crippen molar-refractivity contribution in [2.75, 3.05) is 13.2 Å². The molecule has 1 unspecified atom stereocenters. The molecular weight excluding hydrogens is 392 g/mol. The number of rotatable bonds is 8. The van der Waals surface area contributed by atoms with E-state index in [9.17, 15) is 19.5 Å². The molecule has 0 aliphatic heterocycles. The van der Waals surface area contributed by atoms with E-state index in [1.807, 2.05) is 0 Å². The smallest absolute Gasteiger partial charge is 0.408 e. The van der Waals surface area contributed by atoms with Crippen LogP contribution in [0.15, 0.2) is 39.5 Å². The van der Waals surface area contributed by atoms with Crippen LogP contribution in [0.4, 0.5) is 4.79 Å². The average molecular weight is 420 g/mol. The maximum absolute atomic E-state index is 12.0. The number of carbonyl (C=O) groups excluding carboxylic acids is 2. The Balaban J connectivity index is 1.71. The second-order valence-corrected chi connectivity index (χ2v) is 7.86. The molecule has 0 radical (unpaired) electrons. The summed E-state index contributed by atoms with van der Waals surface area (Å²) in [6.45, 7) is 6.91. The number of benzene rings is 1. The van der Waals surface area contributed by atoms with Gasteiger partial charge in [0.05, 0.1) is 12.7 Å². The van der Waals surface area contributed by atoms with Crippen LogP contribution in [0, 0.1) is 0 Å². The summed E-state index contributed by atoms with van der Waals surface area (Å²) in [7, 11) is 0. The zero-order chi connectivity index (χ0) is 22.3. The van der Waals surface area contributed by atoms with Crippen molar-refractivity contribution in [1.29, 1.82) is 0 Å². The molecule has 3 N–H and O–H groups in total. The van der Waals surface area contributed by atoms with E-state index < -0.39 is 35.4 Å². The lowest BCUT2D eigenvalue weighted by Gasteiger charge is -2.22. The summed E-state index contributed by atoms with van der Waals surface area (Å²) >= 11 is 0. The second-order valence-electron chi connectivity index (χ2n) is 7.86. The second kappa shape index (κ2) is 10.1. The van der Waals surface area contributed by atoms with Crippen molar-refractivity contribution in [2.24, 2.45) is 0 Å². The Morgan fingerprint density at radius 3 is 2.60 bits per heavy atom. The third-order valence-electron chi connectivity index (χ3n) is 3.95. The number of aliphatic hydroxyl groups is 1. The lowest BCUT2D eigenvalue weighted by molar-refractivity contribution is -0.123. The molecule has 2 amide bonds. The monoisotopic (exact) mass is 420 g/mol. The molecule has 0 saturated carbocycles. The Labute approximate surface area is 174 Å². The Hall–Kier alpha value is -3.07. The molecule has 164 valence electrons. The number of hydrogen-bond acceptors (Lipinski definition) is 7. The van der Waals surface area contributed by atoms with E-state index in [2.05, 4.69) is 10.6 Å². The molecule has 0 saturated heterocycles. The minimum Gasteiger partial charge on any atom is -0.493 e. The van der Waals surface area contributed by atoms with Crippen LogP contribution in [0.25, 0.3) is 11.0 Å². The van der Waals surface area contributed by atoms with Crippen molar-refractivity contribution in [2.45, 2.75) is 51.9 Å². The van der Waals surface area contributed by atoms with Gasteiger partial charge in [0.1, 0.15) is 23.0 Å². The van der Waals surface area contributed by atoms with E-state index in [1.54, 1.807) is 45.0 Å². The van der Waals surface area contributed by atoms with Crippen LogP contribution in [0.2, 0.25) is 0 Å². The summed E-state index contributed by atoms with van der Waals surface area (Å²) in [6.07, 6.45) is -1.25. The highest BCUT2D eigenvalue weighted by Gasteiger charge is 2.21. The zero-order valence-electron chi connectivity index (χ0n) is 17.6. The van der Waals surface area contributed by atoms with Gasteiger partial charge >= 0.3 is 11.7 Å². The van der Waals surface area contributed by atoms with Gasteiger partial charge in [0.25, 0.3) is 0 Å². The van der Waals surface area contributed by atoms with Crippen LogP contribution in [0.3, 0.4) is 0 Å². The number of aliphatic hydroxyl groups excluding tert-OH is 1. The van der Waals surface area contributed by atoms with Crippen LogP contribution in [-0.4, -0.2) is 48.0 Å². The highest BCUT2D eigenvalue weighted by Crippen LogP contribution is 2.19. The van der Waals surface area contributed by atoms with Crippen molar-refractivity contribution in [1.82, 2.24) is 10.6 Å². The molecule has 0 aliphatic carbocycles. The highest BCUT2D eigenvalue weighted by molar-refractivity contribution is 5.85. The zero-order valence-corrected chi connectivity index (χ0v) is 17.6. The molecule has 30 heavy (non-hydrogen) atoms. The number of hydrogen-bond donors (Lipinski definition) is 3. The quantitative estimate of drug-likeness (QED) is 0.557. The highest BCUT2D eigenvalue weighted by atomic mass is 16.6. The molecule has 9 heteroatoms. The number of amides is 2. The van der Waals surface area contributed by atoms with Gasteiger partial charge in [0.2, 0.25) is 5.91 Å². The van der Waals surface area contributed by atoms with E-state index in [0.717, 1.165) is 5.39 Å². The Kier molecular flexibility index (Phi) is 7.82. The van der Waals surface area contributed by atoms with Crippen molar-refractivity contribution >= 4 is 23.0 Å². The van der Waals surface area contributed by atoms with Gasteiger partial charge in [-0.1, -0.05) is 0 Å². The molecule has 1 heterocycles. The van der Waals surface area contributed by atoms with E-state index in [1.165, 1.54) is 13.0 Å². The fourth-order valence-electron chi connectivity index (χ4n) is 2.47. The SMILES string of the molecule is C[C@@H](NC(=O)OC(C)(C)C)C(=O)NCC(O)CCOc1ccc2ccc(=O)oc2c1. The fourth-order valence-corrected chi connectivity index (χ4v) is 2.47. The van der Waals surface area contributed by atoms with Crippen LogP contribution in [0.5, 0.6) is 5.75 Å². The molecule has 0 spiro atoms. The first kappa shape index (κ1) is 23.2. The minimum atomic E-state index is -0.832. The minimum absolute atomic E-state index is 0.00905. The average Bonchev–Trinajstić information content (AvgIpc) is 2.64. The fraction of sp³-hybridized carbons (Fsp3) is 0.476. The van der Waals surface area contributed by atoms with Crippen LogP contribution < -0.4 is 21.0 Å². The normalized spacial score (nSPS) is 13.4. The molecular formula is C21H28N2O7. The molecule has 1 aromatic carbocycles. The van der Waals surface area contributed by atoms with Crippen molar-refractivity contribution < 1.29 is 28.6 Å². The summed E-state index contributed by atoms with van der Waals surface area (Å²) in [5, 5.41) is 15.8. The van der Waals surface area contributed by atoms with Crippen molar-refractivity contribution in [3.8, 4) is 5.75 Å². The Bertz CT molecular complexity index is 933. The van der Waals surface area contributed by atoms with Gasteiger partial charge in [0.15, 0.2) is 0 Å². The number of fused-ring (bicyclic) bond motifs is 1. The maximum Gasteiger partial charge on any atom is 0.408 e. The standard InChI is InChI=1S/C21H28N2O7/c1-13(23-20(27)30-21(2,3)4)19(26)22-12-15(24)9-10-28-16-7-5-14-6-8-18(25)29-17(14)11-16/h5-8,11,13,15,24H,9-10,12H2,1-4H3,(H,22,26)(H,23,27)/t13-,15?/m1/s1. The van der Waals surface area contributed by atoms with Gasteiger partial charge in [-0.25, -0.2) is 9.59 Å². The topological polar surface area (TPSA) is 127 Å². The first-order chi connectivity index (χ1) is 14.0. The summed E-state index contributed by atoms with van der Waals surface area (Å²) < 4.78 is 15.8. The van der Waals surface area contributed by atoms with Crippen LogP contribution in [0.1, 0.15) is 34.1 Å². The molecule has 0 bridgehead atoms. The summed E-state index contributed by atoms with van der Waals surface area (Å²) in [5.74, 6) is 0.0636. The molecule has 0 aliphatic rings. The summed E-state index contributed by atoms with van der Waals surface area (Å²) in [6, 6.07) is 7.31. The number of carbonyl (C=O) groups is 2. The third-order valence-corrected chi connectivity index (χ3v) is 3.95. The number of ether oxygens (including phenoxy) is 2. The molecule has 2 rings (SSSR count). The first-order valence-corrected chi connectivity index (χ1v) is 9.65. The predicted molar refractivity (Wildman–Crippen MR) is 110 cm³/mol. The Morgan fingerprint density at radius 2 is 1.90 bits per heavy atom. The number of nitrogens with one attached hydrogen (secondary N) is 2. The van der Waals surface area contributed by atoms with E-state index in [-0.39, 0.29) is 19.6 Å². The molecule has 9 nitrogen and oxygen atoms in total. The maximum atomic E-state index is 12.0. The number of alkyl carbamates (subject to hydrolysis) is 1. The molecule has 0 fully saturated rings. The van der Waals surface area contributed by atoms with E-state index in [4.69, 9.17) is 13.9 Å². The van der Waals surface area contributed by atoms with Crippen LogP contribution in [-0.2, 0) is 9.53 Å². The molecule has 2 aromatic rings. The summed E-state index contributed by atoms with van der Waals surface area (Å²) in [5.41, 5.74) is -0.687. The molecule has 2 atom stereocenters. The van der Waals surface area contributed by atoms with Gasteiger partial charge in [-0.3, -0.25) is 4.79 Å². The summed E-state index contributed by atoms with van der Waals surface area (Å²) in [4.78, 5) is 35.0. The van der Waals surface area contributed by atoms with Crippen LogP contribution >= 0.6 is 0 Å². The lowest BCUT2D eigenvalue weighted by Crippen LogP contribution is -2.48. The van der Waals surface area contributed by atoms with Gasteiger partial charge in [-0.2, -0.15) is 0 Å². The lowest BCUT2D eigenvalue weighted by atomic mass is 10.2. The van der Waals surface area contributed by atoms with Crippen molar-refractivity contribution in [3.63, 3.8) is 0 Å².